The topological polar surface area (TPSA) is 67.8 Å². The molecule has 0 saturated heterocycles. The molecule has 0 aliphatic carbocycles. The molecule has 0 bridgehead atoms. The minimum atomic E-state index is -0.757. The largest absolute Gasteiger partial charge is 0.493 e. The minimum Gasteiger partial charge on any atom is -0.493 e. The third-order valence-corrected chi connectivity index (χ3v) is 4.10. The maximum Gasteiger partial charge on any atom is 0.307 e. The maximum absolute atomic E-state index is 11.2. The van der Waals surface area contributed by atoms with Gasteiger partial charge in [-0.15, -0.1) is 0 Å². The van der Waals surface area contributed by atoms with Crippen molar-refractivity contribution >= 4 is 21.9 Å². The van der Waals surface area contributed by atoms with Gasteiger partial charge in [-0.05, 0) is 30.0 Å². The molecule has 0 fully saturated rings. The zero-order valence-electron chi connectivity index (χ0n) is 13.5. The maximum atomic E-state index is 11.2. The average Bonchev–Trinajstić information content (AvgIpc) is 2.46. The smallest absolute Gasteiger partial charge is 0.307 e. The fraction of sp³-hybridized carbons (Fsp3) is 0.562. The van der Waals surface area contributed by atoms with Gasteiger partial charge in [-0.25, -0.2) is 0 Å². The van der Waals surface area contributed by atoms with Gasteiger partial charge in [-0.2, -0.15) is 0 Å². The number of hydrogen-bond acceptors (Lipinski definition) is 4. The van der Waals surface area contributed by atoms with Gasteiger partial charge in [0, 0.05) is 17.6 Å². The van der Waals surface area contributed by atoms with E-state index in [0.29, 0.717) is 36.9 Å². The molecule has 0 spiro atoms. The Hall–Kier alpha value is -1.27. The fourth-order valence-electron chi connectivity index (χ4n) is 2.25. The quantitative estimate of drug-likeness (QED) is 0.694. The van der Waals surface area contributed by atoms with Crippen molar-refractivity contribution in [3.63, 3.8) is 0 Å². The van der Waals surface area contributed by atoms with E-state index in [1.165, 1.54) is 0 Å². The molecule has 1 aromatic carbocycles. The molecule has 22 heavy (non-hydrogen) atoms. The highest BCUT2D eigenvalue weighted by atomic mass is 79.9. The van der Waals surface area contributed by atoms with Crippen molar-refractivity contribution in [2.75, 3.05) is 20.8 Å². The zero-order valence-corrected chi connectivity index (χ0v) is 15.1. The summed E-state index contributed by atoms with van der Waals surface area (Å²) in [6.45, 7) is 5.05. The lowest BCUT2D eigenvalue weighted by Gasteiger charge is -2.16. The van der Waals surface area contributed by atoms with E-state index < -0.39 is 5.97 Å². The molecule has 124 valence electrons. The van der Waals surface area contributed by atoms with Crippen LogP contribution in [-0.4, -0.2) is 31.8 Å². The van der Waals surface area contributed by atoms with Gasteiger partial charge >= 0.3 is 5.97 Å². The summed E-state index contributed by atoms with van der Waals surface area (Å²) in [5, 5.41) is 12.4. The van der Waals surface area contributed by atoms with E-state index in [4.69, 9.17) is 9.47 Å². The Labute approximate surface area is 140 Å². The van der Waals surface area contributed by atoms with Gasteiger partial charge in [-0.1, -0.05) is 29.8 Å². The predicted octanol–water partition coefficient (Wildman–Crippen LogP) is 3.30. The second-order valence-electron chi connectivity index (χ2n) is 5.59. The van der Waals surface area contributed by atoms with Crippen molar-refractivity contribution < 1.29 is 19.4 Å². The number of carbonyl (C=O) groups is 1. The van der Waals surface area contributed by atoms with E-state index in [1.54, 1.807) is 14.2 Å². The Balaban J connectivity index is 2.69. The number of benzene rings is 1. The van der Waals surface area contributed by atoms with E-state index in [0.717, 1.165) is 10.0 Å². The first-order valence-corrected chi connectivity index (χ1v) is 8.02. The van der Waals surface area contributed by atoms with Gasteiger partial charge in [0.05, 0.1) is 20.1 Å². The van der Waals surface area contributed by atoms with Crippen LogP contribution in [0.2, 0.25) is 0 Å². The number of halogens is 1. The van der Waals surface area contributed by atoms with Crippen LogP contribution in [0.4, 0.5) is 0 Å². The zero-order chi connectivity index (χ0) is 16.7. The van der Waals surface area contributed by atoms with Crippen molar-refractivity contribution in [1.82, 2.24) is 5.32 Å². The molecule has 0 saturated carbocycles. The number of aliphatic carboxylic acids is 1. The van der Waals surface area contributed by atoms with Crippen molar-refractivity contribution in [2.45, 2.75) is 26.8 Å². The van der Waals surface area contributed by atoms with Gasteiger partial charge in [-0.3, -0.25) is 4.79 Å². The van der Waals surface area contributed by atoms with Gasteiger partial charge < -0.3 is 19.9 Å². The van der Waals surface area contributed by atoms with Crippen LogP contribution in [0.1, 0.15) is 25.8 Å². The summed E-state index contributed by atoms with van der Waals surface area (Å²) in [5.41, 5.74) is 0.992. The van der Waals surface area contributed by atoms with E-state index in [-0.39, 0.29) is 5.92 Å². The summed E-state index contributed by atoms with van der Waals surface area (Å²) in [6.07, 6.45) is 0.662. The van der Waals surface area contributed by atoms with Crippen LogP contribution < -0.4 is 14.8 Å². The molecule has 5 nitrogen and oxygen atoms in total. The van der Waals surface area contributed by atoms with Crippen LogP contribution in [0.3, 0.4) is 0 Å². The Morgan fingerprint density at radius 1 is 1.27 bits per heavy atom. The van der Waals surface area contributed by atoms with Crippen molar-refractivity contribution in [3.8, 4) is 11.5 Å². The molecule has 0 heterocycles. The molecule has 0 radical (unpaired) electrons. The lowest BCUT2D eigenvalue weighted by atomic mass is 9.97. The van der Waals surface area contributed by atoms with Gasteiger partial charge in [0.2, 0.25) is 0 Å². The number of ether oxygens (including phenoxy) is 2. The number of methoxy groups -OCH3 is 2. The number of carboxylic acids is 1. The summed E-state index contributed by atoms with van der Waals surface area (Å²) < 4.78 is 11.4. The molecule has 0 amide bonds. The first kappa shape index (κ1) is 18.8. The summed E-state index contributed by atoms with van der Waals surface area (Å²) >= 11 is 3.50. The summed E-state index contributed by atoms with van der Waals surface area (Å²) in [7, 11) is 3.18. The number of hydrogen-bond donors (Lipinski definition) is 2. The molecule has 1 atom stereocenters. The van der Waals surface area contributed by atoms with Crippen LogP contribution in [0.25, 0.3) is 0 Å². The number of carboxylic acid groups (broad SMARTS) is 1. The first-order chi connectivity index (χ1) is 10.4. The average molecular weight is 374 g/mol. The first-order valence-electron chi connectivity index (χ1n) is 7.22. The third kappa shape index (κ3) is 5.50. The molecule has 0 aromatic heterocycles. The van der Waals surface area contributed by atoms with Crippen molar-refractivity contribution in [2.24, 2.45) is 11.8 Å². The fourth-order valence-corrected chi connectivity index (χ4v) is 2.72. The summed E-state index contributed by atoms with van der Waals surface area (Å²) in [5.74, 6) is 0.531. The Morgan fingerprint density at radius 2 is 1.86 bits per heavy atom. The van der Waals surface area contributed by atoms with Crippen LogP contribution in [0.5, 0.6) is 11.5 Å². The van der Waals surface area contributed by atoms with Crippen molar-refractivity contribution in [1.29, 1.82) is 0 Å². The third-order valence-electron chi connectivity index (χ3n) is 3.36. The van der Waals surface area contributed by atoms with Gasteiger partial charge in [0.15, 0.2) is 11.5 Å². The molecule has 1 unspecified atom stereocenters. The highest BCUT2D eigenvalue weighted by molar-refractivity contribution is 9.10. The van der Waals surface area contributed by atoms with Crippen LogP contribution in [0, 0.1) is 11.8 Å². The molecule has 1 rings (SSSR count). The Morgan fingerprint density at radius 3 is 2.36 bits per heavy atom. The molecule has 2 N–H and O–H groups in total. The molecule has 0 aliphatic rings. The molecular weight excluding hydrogens is 350 g/mol. The van der Waals surface area contributed by atoms with Crippen LogP contribution in [0.15, 0.2) is 16.6 Å². The van der Waals surface area contributed by atoms with E-state index in [9.17, 15) is 9.90 Å². The predicted molar refractivity (Wildman–Crippen MR) is 89.5 cm³/mol. The SMILES string of the molecule is COc1cc(Br)c(CNCC(CC(C)C)C(=O)O)cc1OC. The molecule has 6 heteroatoms. The van der Waals surface area contributed by atoms with E-state index in [2.05, 4.69) is 21.2 Å². The summed E-state index contributed by atoms with van der Waals surface area (Å²) in [6, 6.07) is 3.73. The molecule has 0 aliphatic heterocycles. The lowest BCUT2D eigenvalue weighted by Crippen LogP contribution is -2.29. The van der Waals surface area contributed by atoms with Gasteiger partial charge in [0.1, 0.15) is 0 Å². The molecule has 1 aromatic rings. The second kappa shape index (κ2) is 9.00. The number of rotatable bonds is 9. The Kier molecular flexibility index (Phi) is 7.68. The van der Waals surface area contributed by atoms with E-state index in [1.807, 2.05) is 26.0 Å². The minimum absolute atomic E-state index is 0.357. The number of nitrogens with one attached hydrogen (secondary N) is 1. The monoisotopic (exact) mass is 373 g/mol. The van der Waals surface area contributed by atoms with Crippen LogP contribution >= 0.6 is 15.9 Å². The second-order valence-corrected chi connectivity index (χ2v) is 6.45. The lowest BCUT2D eigenvalue weighted by molar-refractivity contribution is -0.142. The highest BCUT2D eigenvalue weighted by Crippen LogP contribution is 2.33. The highest BCUT2D eigenvalue weighted by Gasteiger charge is 2.18. The van der Waals surface area contributed by atoms with Gasteiger partial charge in [0.25, 0.3) is 0 Å². The summed E-state index contributed by atoms with van der Waals surface area (Å²) in [4.78, 5) is 11.2. The standard InChI is InChI=1S/C16H24BrNO4/c1-10(2)5-12(16(19)20)9-18-8-11-6-14(21-3)15(22-4)7-13(11)17/h6-7,10,12,18H,5,8-9H2,1-4H3,(H,19,20). The normalized spacial score (nSPS) is 12.3. The Bertz CT molecular complexity index is 505. The molecular formula is C16H24BrNO4. The van der Waals surface area contributed by atoms with E-state index >= 15 is 0 Å². The van der Waals surface area contributed by atoms with Crippen molar-refractivity contribution in [3.05, 3.63) is 22.2 Å². The van der Waals surface area contributed by atoms with Crippen LogP contribution in [-0.2, 0) is 11.3 Å².